The van der Waals surface area contributed by atoms with Crippen LogP contribution in [0.4, 0.5) is 0 Å². The van der Waals surface area contributed by atoms with Crippen LogP contribution in [-0.4, -0.2) is 84.0 Å². The highest BCUT2D eigenvalue weighted by Gasteiger charge is 2.45. The summed E-state index contributed by atoms with van der Waals surface area (Å²) < 4.78 is 33.1. The Morgan fingerprint density at radius 2 is 1.74 bits per heavy atom. The number of ketones is 1. The lowest BCUT2D eigenvalue weighted by Crippen LogP contribution is -2.60. The number of carbonyl (C=O) groups is 1. The van der Waals surface area contributed by atoms with Gasteiger partial charge in [-0.2, -0.15) is 0 Å². The van der Waals surface area contributed by atoms with Crippen molar-refractivity contribution in [2.24, 2.45) is 0 Å². The van der Waals surface area contributed by atoms with Crippen LogP contribution < -0.4 is 23.7 Å². The number of ether oxygens (including phenoxy) is 6. The Morgan fingerprint density at radius 3 is 2.47 bits per heavy atom. The third kappa shape index (κ3) is 3.81. The Balaban J connectivity index is 1.37. The first-order valence-corrected chi connectivity index (χ1v) is 10.7. The van der Waals surface area contributed by atoms with Gasteiger partial charge in [-0.15, -0.1) is 0 Å². The highest BCUT2D eigenvalue weighted by Crippen LogP contribution is 2.44. The Morgan fingerprint density at radius 1 is 0.971 bits per heavy atom. The first kappa shape index (κ1) is 22.7. The molecule has 0 amide bonds. The lowest BCUT2D eigenvalue weighted by molar-refractivity contribution is -0.277. The van der Waals surface area contributed by atoms with Crippen LogP contribution in [0.1, 0.15) is 21.8 Å². The van der Waals surface area contributed by atoms with Crippen LogP contribution in [0.25, 0.3) is 0 Å². The fourth-order valence-electron chi connectivity index (χ4n) is 4.25. The summed E-state index contributed by atoms with van der Waals surface area (Å²) in [4.78, 5) is 13.3. The summed E-state index contributed by atoms with van der Waals surface area (Å²) in [6.45, 7) is -0.431. The highest BCUT2D eigenvalue weighted by molar-refractivity contribution is 6.04. The van der Waals surface area contributed by atoms with Gasteiger partial charge in [0.2, 0.25) is 13.1 Å². The van der Waals surface area contributed by atoms with E-state index in [9.17, 15) is 25.2 Å². The number of methoxy groups -OCH3 is 1. The van der Waals surface area contributed by atoms with Crippen LogP contribution in [-0.2, 0) is 4.74 Å². The molecule has 3 aliphatic rings. The minimum Gasteiger partial charge on any atom is -0.496 e. The quantitative estimate of drug-likeness (QED) is 0.460. The number of Topliss-reactive ketones (excluding diaryl/α,β-unsaturated/α-hetero) is 1. The van der Waals surface area contributed by atoms with Crippen LogP contribution in [0.15, 0.2) is 30.3 Å². The monoisotopic (exact) mass is 476 g/mol. The molecule has 0 saturated carbocycles. The molecule has 182 valence electrons. The molecule has 2 aromatic carbocycles. The van der Waals surface area contributed by atoms with Crippen molar-refractivity contribution in [2.75, 3.05) is 27.1 Å². The van der Waals surface area contributed by atoms with Gasteiger partial charge >= 0.3 is 0 Å². The van der Waals surface area contributed by atoms with Crippen molar-refractivity contribution in [3.63, 3.8) is 0 Å². The first-order chi connectivity index (χ1) is 16.4. The maximum atomic E-state index is 13.3. The lowest BCUT2D eigenvalue weighted by atomic mass is 9.88. The number of hydrogen-bond donors (Lipinski definition) is 4. The summed E-state index contributed by atoms with van der Waals surface area (Å²) in [7, 11) is 1.51. The van der Waals surface area contributed by atoms with Crippen molar-refractivity contribution in [3.05, 3.63) is 41.5 Å². The van der Waals surface area contributed by atoms with E-state index in [1.807, 2.05) is 0 Å². The number of rotatable bonds is 5. The fourth-order valence-corrected chi connectivity index (χ4v) is 4.25. The van der Waals surface area contributed by atoms with E-state index >= 15 is 0 Å². The molecule has 5 rings (SSSR count). The maximum absolute atomic E-state index is 13.3. The molecule has 1 saturated heterocycles. The molecule has 34 heavy (non-hydrogen) atoms. The van der Waals surface area contributed by atoms with E-state index in [0.717, 1.165) is 0 Å². The van der Waals surface area contributed by atoms with E-state index in [1.54, 1.807) is 12.1 Å². The zero-order valence-electron chi connectivity index (χ0n) is 18.1. The number of aliphatic hydroxyl groups is 4. The van der Waals surface area contributed by atoms with Gasteiger partial charge in [0.05, 0.1) is 25.2 Å². The second kappa shape index (κ2) is 8.93. The predicted molar refractivity (Wildman–Crippen MR) is 113 cm³/mol. The Bertz CT molecular complexity index is 1080. The van der Waals surface area contributed by atoms with Gasteiger partial charge in [0.15, 0.2) is 17.3 Å². The van der Waals surface area contributed by atoms with E-state index in [0.29, 0.717) is 28.4 Å². The van der Waals surface area contributed by atoms with Crippen LogP contribution in [0, 0.1) is 0 Å². The van der Waals surface area contributed by atoms with E-state index < -0.39 is 43.2 Å². The van der Waals surface area contributed by atoms with E-state index in [-0.39, 0.29) is 30.7 Å². The summed E-state index contributed by atoms with van der Waals surface area (Å²) >= 11 is 0. The molecular weight excluding hydrogens is 452 g/mol. The lowest BCUT2D eigenvalue weighted by Gasteiger charge is -2.39. The van der Waals surface area contributed by atoms with Crippen LogP contribution >= 0.6 is 0 Å². The summed E-state index contributed by atoms with van der Waals surface area (Å²) in [5, 5.41) is 39.4. The summed E-state index contributed by atoms with van der Waals surface area (Å²) in [6.07, 6.45) is -7.06. The normalized spacial score (nSPS) is 29.9. The average Bonchev–Trinajstić information content (AvgIpc) is 3.31. The third-order valence-corrected chi connectivity index (χ3v) is 6.14. The van der Waals surface area contributed by atoms with Crippen molar-refractivity contribution < 1.29 is 53.6 Å². The van der Waals surface area contributed by atoms with Gasteiger partial charge in [-0.25, -0.2) is 0 Å². The van der Waals surface area contributed by atoms with Gasteiger partial charge in [-0.1, -0.05) is 0 Å². The van der Waals surface area contributed by atoms with Gasteiger partial charge < -0.3 is 48.8 Å². The molecular formula is C23H24O11. The van der Waals surface area contributed by atoms with Gasteiger partial charge in [-0.05, 0) is 18.2 Å². The average molecular weight is 476 g/mol. The zero-order valence-corrected chi connectivity index (χ0v) is 18.1. The molecule has 6 atom stereocenters. The van der Waals surface area contributed by atoms with Gasteiger partial charge in [-0.3, -0.25) is 4.79 Å². The number of benzene rings is 2. The van der Waals surface area contributed by atoms with E-state index in [4.69, 9.17) is 28.4 Å². The Kier molecular flexibility index (Phi) is 5.96. The van der Waals surface area contributed by atoms with Crippen molar-refractivity contribution in [2.45, 2.75) is 36.6 Å². The molecule has 3 aliphatic heterocycles. The number of fused-ring (bicyclic) bond motifs is 2. The minimum atomic E-state index is -1.57. The Hall–Kier alpha value is -3.09. The second-order valence-corrected chi connectivity index (χ2v) is 8.15. The number of aliphatic hydroxyl groups excluding tert-OH is 4. The maximum Gasteiger partial charge on any atom is 0.231 e. The van der Waals surface area contributed by atoms with Crippen LogP contribution in [0.5, 0.6) is 28.7 Å². The molecule has 1 fully saturated rings. The van der Waals surface area contributed by atoms with E-state index in [2.05, 4.69) is 0 Å². The Labute approximate surface area is 194 Å². The topological polar surface area (TPSA) is 153 Å². The van der Waals surface area contributed by atoms with Gasteiger partial charge in [0.1, 0.15) is 48.3 Å². The SMILES string of the molecule is COc1cc2c(cc1C1COc3cc(OC4OC(CO)C(O)C(O)C4O)ccc3C1=O)OCO2. The molecule has 4 N–H and O–H groups in total. The standard InChI is InChI=1S/C23H24O11/c1-29-14-6-17-16(31-9-32-17)5-12(14)13-8-30-15-4-10(2-3-11(15)19(13)25)33-23-22(28)21(27)20(26)18(7-24)34-23/h2-6,13,18,20-24,26-28H,7-9H2,1H3. The largest absolute Gasteiger partial charge is 0.496 e. The van der Waals surface area contributed by atoms with Crippen molar-refractivity contribution in [3.8, 4) is 28.7 Å². The molecule has 0 spiro atoms. The molecule has 0 aromatic heterocycles. The molecule has 3 heterocycles. The summed E-state index contributed by atoms with van der Waals surface area (Å²) in [5.74, 6) is 1.22. The second-order valence-electron chi connectivity index (χ2n) is 8.15. The summed E-state index contributed by atoms with van der Waals surface area (Å²) in [6, 6.07) is 7.90. The van der Waals surface area contributed by atoms with Gasteiger partial charge in [0, 0.05) is 17.7 Å². The van der Waals surface area contributed by atoms with E-state index in [1.165, 1.54) is 25.3 Å². The molecule has 2 aromatic rings. The fraction of sp³-hybridized carbons (Fsp3) is 0.435. The zero-order chi connectivity index (χ0) is 24.0. The smallest absolute Gasteiger partial charge is 0.231 e. The van der Waals surface area contributed by atoms with Crippen LogP contribution in [0.2, 0.25) is 0 Å². The highest BCUT2D eigenvalue weighted by atomic mass is 16.7. The minimum absolute atomic E-state index is 0.0470. The first-order valence-electron chi connectivity index (χ1n) is 10.7. The molecule has 6 unspecified atom stereocenters. The predicted octanol–water partition coefficient (Wildman–Crippen LogP) is -0.0385. The molecule has 11 heteroatoms. The number of hydrogen-bond acceptors (Lipinski definition) is 11. The van der Waals surface area contributed by atoms with Crippen LogP contribution in [0.3, 0.4) is 0 Å². The molecule has 0 bridgehead atoms. The van der Waals surface area contributed by atoms with Crippen molar-refractivity contribution in [1.82, 2.24) is 0 Å². The van der Waals surface area contributed by atoms with Crippen molar-refractivity contribution >= 4 is 5.78 Å². The molecule has 11 nitrogen and oxygen atoms in total. The van der Waals surface area contributed by atoms with Gasteiger partial charge in [0.25, 0.3) is 0 Å². The van der Waals surface area contributed by atoms with Crippen molar-refractivity contribution in [1.29, 1.82) is 0 Å². The molecule has 0 aliphatic carbocycles. The number of carbonyl (C=O) groups excluding carboxylic acids is 1. The molecule has 0 radical (unpaired) electrons. The third-order valence-electron chi connectivity index (χ3n) is 6.14. The summed E-state index contributed by atoms with van der Waals surface area (Å²) in [5.41, 5.74) is 0.946.